The Balaban J connectivity index is 1.78. The van der Waals surface area contributed by atoms with Crippen molar-refractivity contribution in [2.75, 3.05) is 19.0 Å². The molecule has 3 rings (SSSR count). The van der Waals surface area contributed by atoms with E-state index in [-0.39, 0.29) is 18.3 Å². The summed E-state index contributed by atoms with van der Waals surface area (Å²) in [7, 11) is 1.58. The van der Waals surface area contributed by atoms with Crippen LogP contribution >= 0.6 is 11.6 Å². The van der Waals surface area contributed by atoms with Crippen LogP contribution in [0.2, 0.25) is 5.02 Å². The first-order chi connectivity index (χ1) is 15.0. The Morgan fingerprint density at radius 3 is 2.48 bits per heavy atom. The van der Waals surface area contributed by atoms with Crippen LogP contribution in [0.15, 0.2) is 53.1 Å². The Bertz CT molecular complexity index is 1020. The highest BCUT2D eigenvalue weighted by Gasteiger charge is 2.24. The minimum absolute atomic E-state index is 0.144. The number of urea groups is 1. The molecule has 0 aliphatic carbocycles. The maximum Gasteiger partial charge on any atom is 0.397 e. The highest BCUT2D eigenvalue weighted by atomic mass is 35.5. The van der Waals surface area contributed by atoms with Gasteiger partial charge in [0.2, 0.25) is 0 Å². The van der Waals surface area contributed by atoms with E-state index in [2.05, 4.69) is 20.8 Å². The van der Waals surface area contributed by atoms with Crippen LogP contribution in [0, 0.1) is 0 Å². The fraction of sp³-hybridized carbons (Fsp3) is 0.238. The molecule has 3 aromatic rings. The van der Waals surface area contributed by atoms with Crippen molar-refractivity contribution >= 4 is 29.3 Å². The molecule has 0 aliphatic heterocycles. The van der Waals surface area contributed by atoms with E-state index in [1.54, 1.807) is 50.4 Å². The number of rotatable bonds is 8. The molecule has 0 unspecified atom stereocenters. The molecule has 2 aromatic carbocycles. The van der Waals surface area contributed by atoms with E-state index in [0.29, 0.717) is 22.9 Å². The van der Waals surface area contributed by atoms with Gasteiger partial charge in [-0.25, -0.2) is 9.59 Å². The van der Waals surface area contributed by atoms with Gasteiger partial charge in [-0.1, -0.05) is 28.9 Å². The predicted octanol–water partition coefficient (Wildman–Crippen LogP) is 4.01. The molecule has 1 aromatic heterocycles. The molecule has 162 valence electrons. The van der Waals surface area contributed by atoms with Crippen molar-refractivity contribution < 1.29 is 23.6 Å². The van der Waals surface area contributed by atoms with Gasteiger partial charge in [0.15, 0.2) is 5.82 Å². The summed E-state index contributed by atoms with van der Waals surface area (Å²) in [6.07, 6.45) is 0.347. The first-order valence-electron chi connectivity index (χ1n) is 9.45. The van der Waals surface area contributed by atoms with Crippen molar-refractivity contribution in [1.29, 1.82) is 0 Å². The van der Waals surface area contributed by atoms with Crippen molar-refractivity contribution in [3.8, 4) is 5.75 Å². The summed E-state index contributed by atoms with van der Waals surface area (Å²) in [5.41, 5.74) is 1.45. The van der Waals surface area contributed by atoms with Gasteiger partial charge in [-0.15, -0.1) is 0 Å². The number of carbonyl (C=O) groups is 2. The number of amides is 2. The van der Waals surface area contributed by atoms with Crippen LogP contribution in [-0.4, -0.2) is 35.9 Å². The molecule has 0 fully saturated rings. The van der Waals surface area contributed by atoms with Crippen molar-refractivity contribution in [3.63, 3.8) is 0 Å². The highest BCUT2D eigenvalue weighted by Crippen LogP contribution is 2.20. The number of carbonyl (C=O) groups excluding carboxylic acids is 2. The zero-order valence-electron chi connectivity index (χ0n) is 16.9. The van der Waals surface area contributed by atoms with E-state index in [1.165, 1.54) is 0 Å². The van der Waals surface area contributed by atoms with E-state index in [4.69, 9.17) is 25.6 Å². The Kier molecular flexibility index (Phi) is 7.45. The van der Waals surface area contributed by atoms with E-state index >= 15 is 0 Å². The number of halogens is 1. The Morgan fingerprint density at radius 1 is 1.13 bits per heavy atom. The molecule has 1 atom stereocenters. The number of methoxy groups -OCH3 is 1. The standard InChI is InChI=1S/C21H21ClN4O5/c1-3-30-20(27)19-25-18(26-31-19)17(12-13-4-10-16(29-2)11-5-13)24-21(28)23-15-8-6-14(22)7-9-15/h4-11,17H,3,12H2,1-2H3,(H2,23,24,28)/t17-/m0/s1. The molecule has 2 N–H and O–H groups in total. The number of benzene rings is 2. The summed E-state index contributed by atoms with van der Waals surface area (Å²) in [6.45, 7) is 1.85. The third-order valence-corrected chi connectivity index (χ3v) is 4.46. The number of aromatic nitrogens is 2. The zero-order valence-corrected chi connectivity index (χ0v) is 17.7. The van der Waals surface area contributed by atoms with Crippen LogP contribution in [-0.2, 0) is 11.2 Å². The number of hydrogen-bond acceptors (Lipinski definition) is 7. The van der Waals surface area contributed by atoms with Gasteiger partial charge in [0.1, 0.15) is 5.75 Å². The normalized spacial score (nSPS) is 11.5. The SMILES string of the molecule is CCOC(=O)c1nc([C@H](Cc2ccc(OC)cc2)NC(=O)Nc2ccc(Cl)cc2)no1. The highest BCUT2D eigenvalue weighted by molar-refractivity contribution is 6.30. The average molecular weight is 445 g/mol. The van der Waals surface area contributed by atoms with Gasteiger partial charge in [0, 0.05) is 17.1 Å². The van der Waals surface area contributed by atoms with Gasteiger partial charge in [-0.3, -0.25) is 0 Å². The van der Waals surface area contributed by atoms with Crippen LogP contribution in [0.3, 0.4) is 0 Å². The molecule has 0 saturated heterocycles. The molecular formula is C21H21ClN4O5. The fourth-order valence-electron chi connectivity index (χ4n) is 2.71. The van der Waals surface area contributed by atoms with E-state index in [1.807, 2.05) is 12.1 Å². The summed E-state index contributed by atoms with van der Waals surface area (Å²) in [6, 6.07) is 12.8. The predicted molar refractivity (Wildman–Crippen MR) is 113 cm³/mol. The summed E-state index contributed by atoms with van der Waals surface area (Å²) < 4.78 is 15.1. The third-order valence-electron chi connectivity index (χ3n) is 4.21. The van der Waals surface area contributed by atoms with E-state index < -0.39 is 18.0 Å². The molecule has 0 spiro atoms. The lowest BCUT2D eigenvalue weighted by atomic mass is 10.1. The molecular weight excluding hydrogens is 424 g/mol. The number of hydrogen-bond donors (Lipinski definition) is 2. The molecule has 0 saturated carbocycles. The maximum absolute atomic E-state index is 12.6. The van der Waals surface area contributed by atoms with E-state index in [0.717, 1.165) is 5.56 Å². The largest absolute Gasteiger partial charge is 0.497 e. The van der Waals surface area contributed by atoms with Gasteiger partial charge in [-0.05, 0) is 48.9 Å². The fourth-order valence-corrected chi connectivity index (χ4v) is 2.84. The Morgan fingerprint density at radius 2 is 1.84 bits per heavy atom. The zero-order chi connectivity index (χ0) is 22.2. The summed E-state index contributed by atoms with van der Waals surface area (Å²) >= 11 is 5.87. The van der Waals surface area contributed by atoms with Crippen LogP contribution in [0.5, 0.6) is 5.75 Å². The molecule has 10 heteroatoms. The summed E-state index contributed by atoms with van der Waals surface area (Å²) in [4.78, 5) is 28.5. The molecule has 31 heavy (non-hydrogen) atoms. The molecule has 0 radical (unpaired) electrons. The van der Waals surface area contributed by atoms with Gasteiger partial charge in [0.25, 0.3) is 0 Å². The number of nitrogens with zero attached hydrogens (tertiary/aromatic N) is 2. The molecule has 2 amide bonds. The second-order valence-electron chi connectivity index (χ2n) is 6.39. The third kappa shape index (κ3) is 6.19. The van der Waals surface area contributed by atoms with Crippen molar-refractivity contribution in [2.24, 2.45) is 0 Å². The van der Waals surface area contributed by atoms with Crippen LogP contribution in [0.1, 0.15) is 35.0 Å². The monoisotopic (exact) mass is 444 g/mol. The minimum atomic E-state index is -0.727. The Labute approximate surface area is 183 Å². The topological polar surface area (TPSA) is 116 Å². The lowest BCUT2D eigenvalue weighted by Gasteiger charge is -2.16. The average Bonchev–Trinajstić information content (AvgIpc) is 3.26. The van der Waals surface area contributed by atoms with E-state index in [9.17, 15) is 9.59 Å². The van der Waals surface area contributed by atoms with Crippen molar-refractivity contribution in [3.05, 3.63) is 70.8 Å². The molecule has 1 heterocycles. The number of ether oxygens (including phenoxy) is 2. The number of esters is 1. The van der Waals surface area contributed by atoms with Gasteiger partial charge in [-0.2, -0.15) is 4.98 Å². The summed E-state index contributed by atoms with van der Waals surface area (Å²) in [5, 5.41) is 9.93. The second-order valence-corrected chi connectivity index (χ2v) is 6.82. The Hall–Kier alpha value is -3.59. The van der Waals surface area contributed by atoms with Crippen molar-refractivity contribution in [2.45, 2.75) is 19.4 Å². The lowest BCUT2D eigenvalue weighted by molar-refractivity contribution is 0.0470. The first-order valence-corrected chi connectivity index (χ1v) is 9.83. The van der Waals surface area contributed by atoms with Crippen LogP contribution in [0.25, 0.3) is 0 Å². The van der Waals surface area contributed by atoms with Crippen LogP contribution < -0.4 is 15.4 Å². The molecule has 0 aliphatic rings. The van der Waals surface area contributed by atoms with Gasteiger partial charge >= 0.3 is 17.9 Å². The first kappa shape index (κ1) is 22.1. The molecule has 0 bridgehead atoms. The quantitative estimate of drug-likeness (QED) is 0.504. The number of anilines is 1. The smallest absolute Gasteiger partial charge is 0.397 e. The molecule has 9 nitrogen and oxygen atoms in total. The van der Waals surface area contributed by atoms with Crippen molar-refractivity contribution in [1.82, 2.24) is 15.5 Å². The minimum Gasteiger partial charge on any atom is -0.497 e. The van der Waals surface area contributed by atoms with Gasteiger partial charge in [0.05, 0.1) is 19.8 Å². The summed E-state index contributed by atoms with van der Waals surface area (Å²) in [5.74, 6) is -0.158. The second kappa shape index (κ2) is 10.4. The maximum atomic E-state index is 12.6. The van der Waals surface area contributed by atoms with Crippen LogP contribution in [0.4, 0.5) is 10.5 Å². The van der Waals surface area contributed by atoms with Gasteiger partial charge < -0.3 is 24.6 Å². The number of nitrogens with one attached hydrogen (secondary N) is 2. The lowest BCUT2D eigenvalue weighted by Crippen LogP contribution is -2.34.